The number of furan rings is 1. The van der Waals surface area contributed by atoms with Crippen LogP contribution in [-0.2, 0) is 0 Å². The third kappa shape index (κ3) is 1.52. The maximum Gasteiger partial charge on any atom is 0.139 e. The first kappa shape index (κ1) is 10.4. The molecular formula is C14H17N3O. The average molecular weight is 243 g/mol. The molecule has 2 fully saturated rings. The van der Waals surface area contributed by atoms with Crippen LogP contribution in [0.5, 0.6) is 0 Å². The largest absolute Gasteiger partial charge is 0.464 e. The second-order valence-corrected chi connectivity index (χ2v) is 5.33. The van der Waals surface area contributed by atoms with Gasteiger partial charge < -0.3 is 14.6 Å². The molecule has 4 rings (SSSR count). The molecule has 0 radical (unpaired) electrons. The molecule has 94 valence electrons. The molecule has 4 heteroatoms. The summed E-state index contributed by atoms with van der Waals surface area (Å²) in [4.78, 5) is 6.97. The van der Waals surface area contributed by atoms with Crippen molar-refractivity contribution >= 4 is 16.8 Å². The van der Waals surface area contributed by atoms with Gasteiger partial charge in [0.25, 0.3) is 0 Å². The quantitative estimate of drug-likeness (QED) is 0.832. The van der Waals surface area contributed by atoms with Crippen LogP contribution in [-0.4, -0.2) is 30.7 Å². The third-order valence-electron chi connectivity index (χ3n) is 4.26. The Morgan fingerprint density at radius 1 is 1.33 bits per heavy atom. The van der Waals surface area contributed by atoms with Crippen LogP contribution in [0.1, 0.15) is 12.8 Å². The van der Waals surface area contributed by atoms with Crippen molar-refractivity contribution in [3.8, 4) is 0 Å². The van der Waals surface area contributed by atoms with Gasteiger partial charge in [-0.05, 0) is 37.4 Å². The molecule has 2 aromatic rings. The lowest BCUT2D eigenvalue weighted by Gasteiger charge is -2.24. The van der Waals surface area contributed by atoms with E-state index in [0.29, 0.717) is 6.04 Å². The molecule has 4 nitrogen and oxygen atoms in total. The fourth-order valence-corrected chi connectivity index (χ4v) is 3.35. The van der Waals surface area contributed by atoms with Gasteiger partial charge in [-0.3, -0.25) is 0 Å². The zero-order valence-corrected chi connectivity index (χ0v) is 10.3. The van der Waals surface area contributed by atoms with E-state index in [2.05, 4.69) is 15.2 Å². The van der Waals surface area contributed by atoms with Crippen molar-refractivity contribution in [2.45, 2.75) is 18.9 Å². The molecule has 4 heterocycles. The Kier molecular flexibility index (Phi) is 2.30. The third-order valence-corrected chi connectivity index (χ3v) is 4.26. The van der Waals surface area contributed by atoms with E-state index >= 15 is 0 Å². The summed E-state index contributed by atoms with van der Waals surface area (Å²) in [5.74, 6) is 1.86. The molecule has 1 N–H and O–H groups in total. The molecule has 0 bridgehead atoms. The molecule has 0 saturated carbocycles. The van der Waals surface area contributed by atoms with Crippen molar-refractivity contribution in [1.82, 2.24) is 10.3 Å². The predicted octanol–water partition coefficient (Wildman–Crippen LogP) is 2.02. The van der Waals surface area contributed by atoms with Crippen LogP contribution < -0.4 is 10.2 Å². The summed E-state index contributed by atoms with van der Waals surface area (Å²) < 4.78 is 5.45. The molecule has 2 atom stereocenters. The Bertz CT molecular complexity index is 551. The summed E-state index contributed by atoms with van der Waals surface area (Å²) in [6, 6.07) is 4.59. The van der Waals surface area contributed by atoms with Crippen LogP contribution in [0.25, 0.3) is 11.0 Å². The van der Waals surface area contributed by atoms with Crippen LogP contribution in [0.4, 0.5) is 5.82 Å². The highest BCUT2D eigenvalue weighted by Gasteiger charge is 2.35. The van der Waals surface area contributed by atoms with E-state index in [1.165, 1.54) is 19.4 Å². The van der Waals surface area contributed by atoms with Gasteiger partial charge in [-0.15, -0.1) is 0 Å². The average Bonchev–Trinajstić information content (AvgIpc) is 3.04. The molecule has 0 aromatic carbocycles. The van der Waals surface area contributed by atoms with Crippen LogP contribution in [0.15, 0.2) is 29.0 Å². The number of rotatable bonds is 1. The van der Waals surface area contributed by atoms with Gasteiger partial charge >= 0.3 is 0 Å². The van der Waals surface area contributed by atoms with Crippen LogP contribution in [0.2, 0.25) is 0 Å². The summed E-state index contributed by atoms with van der Waals surface area (Å²) >= 11 is 0. The molecule has 0 amide bonds. The van der Waals surface area contributed by atoms with Gasteiger partial charge in [-0.2, -0.15) is 0 Å². The zero-order chi connectivity index (χ0) is 11.9. The summed E-state index contributed by atoms with van der Waals surface area (Å²) in [5.41, 5.74) is 0.933. The topological polar surface area (TPSA) is 41.3 Å². The van der Waals surface area contributed by atoms with Gasteiger partial charge in [0.05, 0.1) is 11.6 Å². The standard InChI is InChI=1S/C14H17N3O/c1-2-10-8-17(9-12(10)15-5-1)14-11-4-7-18-13(11)3-6-16-14/h3-4,6-7,10,12,15H,1-2,5,8-9H2. The number of nitrogens with one attached hydrogen (secondary N) is 1. The first-order chi connectivity index (χ1) is 8.92. The summed E-state index contributed by atoms with van der Waals surface area (Å²) in [7, 11) is 0. The van der Waals surface area contributed by atoms with E-state index < -0.39 is 0 Å². The molecule has 0 spiro atoms. The molecule has 0 aliphatic carbocycles. The molecule has 2 aromatic heterocycles. The van der Waals surface area contributed by atoms with Gasteiger partial charge in [-0.25, -0.2) is 4.98 Å². The first-order valence-electron chi connectivity index (χ1n) is 6.72. The number of aromatic nitrogens is 1. The lowest BCUT2D eigenvalue weighted by molar-refractivity contribution is 0.340. The molecule has 2 aliphatic rings. The highest BCUT2D eigenvalue weighted by molar-refractivity contribution is 5.88. The lowest BCUT2D eigenvalue weighted by Crippen LogP contribution is -2.40. The normalized spacial score (nSPS) is 27.7. The number of fused-ring (bicyclic) bond motifs is 2. The van der Waals surface area contributed by atoms with Crippen molar-refractivity contribution in [2.75, 3.05) is 24.5 Å². The minimum atomic E-state index is 0.641. The van der Waals surface area contributed by atoms with Gasteiger partial charge in [0.15, 0.2) is 0 Å². The van der Waals surface area contributed by atoms with E-state index in [0.717, 1.165) is 35.8 Å². The van der Waals surface area contributed by atoms with E-state index in [1.54, 1.807) is 6.26 Å². The van der Waals surface area contributed by atoms with Crippen molar-refractivity contribution in [2.24, 2.45) is 5.92 Å². The zero-order valence-electron chi connectivity index (χ0n) is 10.3. The summed E-state index contributed by atoms with van der Waals surface area (Å²) in [6.45, 7) is 3.36. The lowest BCUT2D eigenvalue weighted by atomic mass is 9.94. The van der Waals surface area contributed by atoms with Crippen LogP contribution >= 0.6 is 0 Å². The molecule has 18 heavy (non-hydrogen) atoms. The maximum atomic E-state index is 5.45. The van der Waals surface area contributed by atoms with Crippen molar-refractivity contribution in [1.29, 1.82) is 0 Å². The monoisotopic (exact) mass is 243 g/mol. The minimum Gasteiger partial charge on any atom is -0.464 e. The van der Waals surface area contributed by atoms with E-state index in [9.17, 15) is 0 Å². The molecule has 2 aliphatic heterocycles. The smallest absolute Gasteiger partial charge is 0.139 e. The fraction of sp³-hybridized carbons (Fsp3) is 0.500. The van der Waals surface area contributed by atoms with Crippen LogP contribution in [0.3, 0.4) is 0 Å². The van der Waals surface area contributed by atoms with Crippen molar-refractivity contribution in [3.05, 3.63) is 24.6 Å². The van der Waals surface area contributed by atoms with Gasteiger partial charge in [0.2, 0.25) is 0 Å². The number of nitrogens with zero attached hydrogens (tertiary/aromatic N) is 2. The Hall–Kier alpha value is -1.55. The number of anilines is 1. The van der Waals surface area contributed by atoms with Gasteiger partial charge in [0.1, 0.15) is 11.4 Å². The highest BCUT2D eigenvalue weighted by Crippen LogP contribution is 2.32. The summed E-state index contributed by atoms with van der Waals surface area (Å²) in [5, 5.41) is 4.77. The summed E-state index contributed by atoms with van der Waals surface area (Å²) in [6.07, 6.45) is 6.24. The fourth-order valence-electron chi connectivity index (χ4n) is 3.35. The Morgan fingerprint density at radius 2 is 2.33 bits per heavy atom. The van der Waals surface area contributed by atoms with E-state index in [4.69, 9.17) is 4.42 Å². The van der Waals surface area contributed by atoms with Gasteiger partial charge in [-0.1, -0.05) is 0 Å². The Balaban J connectivity index is 1.69. The second-order valence-electron chi connectivity index (χ2n) is 5.33. The second kappa shape index (κ2) is 3.99. The first-order valence-corrected chi connectivity index (χ1v) is 6.72. The van der Waals surface area contributed by atoms with E-state index in [1.807, 2.05) is 18.3 Å². The molecule has 2 unspecified atom stereocenters. The SMILES string of the molecule is c1cc2occc2c(N2CC3CCCNC3C2)n1. The minimum absolute atomic E-state index is 0.641. The van der Waals surface area contributed by atoms with Crippen LogP contribution in [0, 0.1) is 5.92 Å². The van der Waals surface area contributed by atoms with E-state index in [-0.39, 0.29) is 0 Å². The van der Waals surface area contributed by atoms with Crippen molar-refractivity contribution < 1.29 is 4.42 Å². The predicted molar refractivity (Wildman–Crippen MR) is 70.7 cm³/mol. The number of hydrogen-bond acceptors (Lipinski definition) is 4. The van der Waals surface area contributed by atoms with Gasteiger partial charge in [0, 0.05) is 25.3 Å². The Labute approximate surface area is 106 Å². The number of piperidine rings is 1. The molecular weight excluding hydrogens is 226 g/mol. The highest BCUT2D eigenvalue weighted by atomic mass is 16.3. The number of pyridine rings is 1. The Morgan fingerprint density at radius 3 is 3.28 bits per heavy atom. The number of hydrogen-bond donors (Lipinski definition) is 1. The molecule has 2 saturated heterocycles. The van der Waals surface area contributed by atoms with Crippen molar-refractivity contribution in [3.63, 3.8) is 0 Å². The maximum absolute atomic E-state index is 5.45.